The van der Waals surface area contributed by atoms with Crippen LogP contribution in [0.4, 0.5) is 5.69 Å². The number of anilines is 1. The number of hydrogen-bond acceptors (Lipinski definition) is 3. The van der Waals surface area contributed by atoms with Crippen LogP contribution in [-0.2, 0) is 16.0 Å². The number of aromatic amines is 1. The molecule has 2 N–H and O–H groups in total. The molecule has 0 atom stereocenters. The Morgan fingerprint density at radius 3 is 2.68 bits per heavy atom. The Labute approximate surface area is 146 Å². The van der Waals surface area contributed by atoms with Gasteiger partial charge in [0.1, 0.15) is 0 Å². The minimum Gasteiger partial charge on any atom is -0.462 e. The van der Waals surface area contributed by atoms with Gasteiger partial charge in [-0.15, -0.1) is 0 Å². The zero-order chi connectivity index (χ0) is 17.6. The summed E-state index contributed by atoms with van der Waals surface area (Å²) >= 11 is 0. The molecule has 0 unspecified atom stereocenters. The van der Waals surface area contributed by atoms with Crippen LogP contribution >= 0.6 is 0 Å². The van der Waals surface area contributed by atoms with Gasteiger partial charge in [0.25, 0.3) is 0 Å². The first kappa shape index (κ1) is 16.8. The predicted molar refractivity (Wildman–Crippen MR) is 97.6 cm³/mol. The maximum absolute atomic E-state index is 12.3. The van der Waals surface area contributed by atoms with E-state index in [1.165, 1.54) is 0 Å². The van der Waals surface area contributed by atoms with E-state index in [-0.39, 0.29) is 5.91 Å². The third-order valence-corrected chi connectivity index (χ3v) is 3.99. The third-order valence-electron chi connectivity index (χ3n) is 3.99. The van der Waals surface area contributed by atoms with E-state index in [2.05, 4.69) is 10.3 Å². The number of amides is 1. The summed E-state index contributed by atoms with van der Waals surface area (Å²) in [5.41, 5.74) is 3.00. The lowest BCUT2D eigenvalue weighted by Gasteiger charge is -2.10. The number of fused-ring (bicyclic) bond motifs is 1. The first-order chi connectivity index (χ1) is 12.2. The van der Waals surface area contributed by atoms with E-state index < -0.39 is 5.97 Å². The van der Waals surface area contributed by atoms with Crippen LogP contribution < -0.4 is 5.32 Å². The summed E-state index contributed by atoms with van der Waals surface area (Å²) in [6.07, 6.45) is 2.89. The van der Waals surface area contributed by atoms with Gasteiger partial charge in [0, 0.05) is 23.5 Å². The van der Waals surface area contributed by atoms with Gasteiger partial charge in [-0.05, 0) is 37.1 Å². The van der Waals surface area contributed by atoms with Gasteiger partial charge in [0.15, 0.2) is 0 Å². The lowest BCUT2D eigenvalue weighted by atomic mass is 10.1. The Kier molecular flexibility index (Phi) is 5.14. The fourth-order valence-corrected chi connectivity index (χ4v) is 2.78. The Hall–Kier alpha value is -3.08. The van der Waals surface area contributed by atoms with Gasteiger partial charge in [-0.3, -0.25) is 4.79 Å². The minimum atomic E-state index is -0.435. The molecule has 0 aliphatic carbocycles. The van der Waals surface area contributed by atoms with Gasteiger partial charge >= 0.3 is 5.97 Å². The van der Waals surface area contributed by atoms with Crippen molar-refractivity contribution in [3.8, 4) is 0 Å². The second-order valence-corrected chi connectivity index (χ2v) is 5.67. The molecule has 5 heteroatoms. The Morgan fingerprint density at radius 1 is 1.08 bits per heavy atom. The molecule has 128 valence electrons. The monoisotopic (exact) mass is 336 g/mol. The zero-order valence-corrected chi connectivity index (χ0v) is 14.0. The summed E-state index contributed by atoms with van der Waals surface area (Å²) in [6.45, 7) is 2.04. The second-order valence-electron chi connectivity index (χ2n) is 5.67. The van der Waals surface area contributed by atoms with E-state index in [0.29, 0.717) is 30.7 Å². The fraction of sp³-hybridized carbons (Fsp3) is 0.200. The Morgan fingerprint density at radius 2 is 1.84 bits per heavy atom. The lowest BCUT2D eigenvalue weighted by molar-refractivity contribution is -0.116. The highest BCUT2D eigenvalue weighted by Gasteiger charge is 2.14. The maximum Gasteiger partial charge on any atom is 0.340 e. The summed E-state index contributed by atoms with van der Waals surface area (Å²) in [4.78, 5) is 27.5. The van der Waals surface area contributed by atoms with E-state index >= 15 is 0 Å². The van der Waals surface area contributed by atoms with Crippen LogP contribution in [0.1, 0.15) is 29.3 Å². The van der Waals surface area contributed by atoms with Crippen LogP contribution in [0.3, 0.4) is 0 Å². The van der Waals surface area contributed by atoms with Gasteiger partial charge < -0.3 is 15.0 Å². The smallest absolute Gasteiger partial charge is 0.340 e. The van der Waals surface area contributed by atoms with Crippen LogP contribution in [0.2, 0.25) is 0 Å². The van der Waals surface area contributed by atoms with Crippen molar-refractivity contribution in [3.05, 3.63) is 65.9 Å². The molecule has 25 heavy (non-hydrogen) atoms. The molecule has 0 fully saturated rings. The Bertz CT molecular complexity index is 899. The van der Waals surface area contributed by atoms with Crippen molar-refractivity contribution >= 4 is 28.5 Å². The number of esters is 1. The van der Waals surface area contributed by atoms with Gasteiger partial charge in [0.05, 0.1) is 17.9 Å². The normalized spacial score (nSPS) is 10.6. The van der Waals surface area contributed by atoms with Crippen molar-refractivity contribution in [2.75, 3.05) is 11.9 Å². The van der Waals surface area contributed by atoms with Crippen LogP contribution in [0.25, 0.3) is 10.9 Å². The number of nitrogens with one attached hydrogen (secondary N) is 2. The van der Waals surface area contributed by atoms with E-state index in [1.807, 2.05) is 30.5 Å². The first-order valence-electron chi connectivity index (χ1n) is 8.30. The third kappa shape index (κ3) is 3.88. The van der Waals surface area contributed by atoms with Gasteiger partial charge in [-0.2, -0.15) is 0 Å². The topological polar surface area (TPSA) is 71.2 Å². The molecule has 1 aromatic heterocycles. The van der Waals surface area contributed by atoms with E-state index in [4.69, 9.17) is 4.74 Å². The summed E-state index contributed by atoms with van der Waals surface area (Å²) in [7, 11) is 0. The highest BCUT2D eigenvalue weighted by Crippen LogP contribution is 2.20. The van der Waals surface area contributed by atoms with Gasteiger partial charge in [0.2, 0.25) is 5.91 Å². The van der Waals surface area contributed by atoms with E-state index in [0.717, 1.165) is 16.5 Å². The van der Waals surface area contributed by atoms with Gasteiger partial charge in [-0.25, -0.2) is 4.79 Å². The second kappa shape index (κ2) is 7.66. The number of aromatic nitrogens is 1. The largest absolute Gasteiger partial charge is 0.462 e. The molecule has 0 aliphatic heterocycles. The first-order valence-corrected chi connectivity index (χ1v) is 8.30. The van der Waals surface area contributed by atoms with E-state index in [9.17, 15) is 9.59 Å². The number of aryl methyl sites for hydroxylation is 1. The van der Waals surface area contributed by atoms with Crippen molar-refractivity contribution in [2.24, 2.45) is 0 Å². The highest BCUT2D eigenvalue weighted by atomic mass is 16.5. The standard InChI is InChI=1S/C20H20N2O3/c1-2-25-20(24)16-8-4-6-10-18(16)22-19(23)12-11-14-13-21-17-9-5-3-7-15(14)17/h3-10,13,21H,2,11-12H2,1H3,(H,22,23). The molecule has 0 radical (unpaired) electrons. The van der Waals surface area contributed by atoms with Crippen molar-refractivity contribution in [1.29, 1.82) is 0 Å². The number of H-pyrrole nitrogens is 1. The minimum absolute atomic E-state index is 0.137. The van der Waals surface area contributed by atoms with Crippen molar-refractivity contribution in [3.63, 3.8) is 0 Å². The van der Waals surface area contributed by atoms with Crippen molar-refractivity contribution < 1.29 is 14.3 Å². The van der Waals surface area contributed by atoms with Crippen LogP contribution in [0.5, 0.6) is 0 Å². The van der Waals surface area contributed by atoms with Crippen molar-refractivity contribution in [2.45, 2.75) is 19.8 Å². The molecule has 0 saturated heterocycles. The molecule has 0 spiro atoms. The summed E-state index contributed by atoms with van der Waals surface area (Å²) in [6, 6.07) is 14.9. The van der Waals surface area contributed by atoms with Crippen LogP contribution in [0.15, 0.2) is 54.7 Å². The molecule has 3 aromatic rings. The zero-order valence-electron chi connectivity index (χ0n) is 14.0. The molecule has 3 rings (SSSR count). The lowest BCUT2D eigenvalue weighted by Crippen LogP contribution is -2.16. The summed E-state index contributed by atoms with van der Waals surface area (Å²) < 4.78 is 5.02. The average molecular weight is 336 g/mol. The molecule has 1 heterocycles. The fourth-order valence-electron chi connectivity index (χ4n) is 2.78. The maximum atomic E-state index is 12.3. The number of carbonyl (C=O) groups is 2. The number of hydrogen-bond donors (Lipinski definition) is 2. The quantitative estimate of drug-likeness (QED) is 0.670. The SMILES string of the molecule is CCOC(=O)c1ccccc1NC(=O)CCc1c[nH]c2ccccc12. The van der Waals surface area contributed by atoms with Gasteiger partial charge in [-0.1, -0.05) is 30.3 Å². The van der Waals surface area contributed by atoms with Crippen LogP contribution in [-0.4, -0.2) is 23.5 Å². The number of para-hydroxylation sites is 2. The molecular formula is C20H20N2O3. The van der Waals surface area contributed by atoms with E-state index in [1.54, 1.807) is 31.2 Å². The highest BCUT2D eigenvalue weighted by molar-refractivity contribution is 6.01. The summed E-state index contributed by atoms with van der Waals surface area (Å²) in [5.74, 6) is -0.572. The molecule has 0 aliphatic rings. The molecule has 0 saturated carbocycles. The average Bonchev–Trinajstić information content (AvgIpc) is 3.04. The molecule has 0 bridgehead atoms. The molecule has 1 amide bonds. The number of ether oxygens (including phenoxy) is 1. The molecular weight excluding hydrogens is 316 g/mol. The number of benzene rings is 2. The van der Waals surface area contributed by atoms with Crippen molar-refractivity contribution in [1.82, 2.24) is 4.98 Å². The molecule has 5 nitrogen and oxygen atoms in total. The van der Waals surface area contributed by atoms with Crippen LogP contribution in [0, 0.1) is 0 Å². The molecule has 2 aromatic carbocycles. The Balaban J connectivity index is 1.66. The predicted octanol–water partition coefficient (Wildman–Crippen LogP) is 3.92. The number of carbonyl (C=O) groups excluding carboxylic acids is 2. The number of rotatable bonds is 6. The summed E-state index contributed by atoms with van der Waals surface area (Å²) in [5, 5.41) is 3.94.